The zero-order valence-corrected chi connectivity index (χ0v) is 6.64. The monoisotopic (exact) mass is 208 g/mol. The molecular formula is C5H10ClRh. The van der Waals surface area contributed by atoms with Crippen molar-refractivity contribution in [2.75, 3.05) is 0 Å². The Labute approximate surface area is 60.4 Å². The number of halogens is 1. The van der Waals surface area contributed by atoms with E-state index in [9.17, 15) is 0 Å². The average Bonchev–Trinajstić information content (AvgIpc) is 1.75. The Balaban J connectivity index is 0. The van der Waals surface area contributed by atoms with Crippen molar-refractivity contribution in [2.24, 2.45) is 0 Å². The van der Waals surface area contributed by atoms with Crippen LogP contribution in [0, 0.1) is 13.8 Å². The van der Waals surface area contributed by atoms with Crippen molar-refractivity contribution in [3.05, 3.63) is 13.8 Å². The van der Waals surface area contributed by atoms with Gasteiger partial charge in [0.1, 0.15) is 0 Å². The number of hydrogen-bond acceptors (Lipinski definition) is 0. The summed E-state index contributed by atoms with van der Waals surface area (Å²) in [6.45, 7) is 7.27. The predicted molar refractivity (Wildman–Crippen MR) is 30.4 cm³/mol. The first-order valence-corrected chi connectivity index (χ1v) is 4.24. The van der Waals surface area contributed by atoms with E-state index < -0.39 is 0 Å². The van der Waals surface area contributed by atoms with E-state index in [0.29, 0.717) is 0 Å². The van der Waals surface area contributed by atoms with E-state index in [1.54, 1.807) is 0 Å². The quantitative estimate of drug-likeness (QED) is 0.483. The van der Waals surface area contributed by atoms with Crippen LogP contribution >= 0.6 is 9.69 Å². The van der Waals surface area contributed by atoms with E-state index in [2.05, 4.69) is 23.5 Å². The van der Waals surface area contributed by atoms with Gasteiger partial charge in [-0.3, -0.25) is 0 Å². The second kappa shape index (κ2) is 15.8. The average molecular weight is 208 g/mol. The molecule has 0 spiro atoms. The molecule has 0 aromatic rings. The van der Waals surface area contributed by atoms with Crippen molar-refractivity contribution in [2.45, 2.75) is 19.3 Å². The first-order valence-electron chi connectivity index (χ1n) is 2.13. The fraction of sp³-hybridized carbons (Fsp3) is 0.600. The van der Waals surface area contributed by atoms with Gasteiger partial charge in [0.25, 0.3) is 0 Å². The molecule has 0 rings (SSSR count). The Kier molecular flexibility index (Phi) is 24.4. The van der Waals surface area contributed by atoms with Crippen molar-refractivity contribution < 1.29 is 17.3 Å². The Hall–Kier alpha value is 0.913. The summed E-state index contributed by atoms with van der Waals surface area (Å²) in [6.07, 6.45) is 3.23. The molecule has 0 saturated heterocycles. The molecule has 0 aliphatic heterocycles. The maximum absolute atomic E-state index is 4.53. The van der Waals surface area contributed by atoms with Crippen LogP contribution in [0.25, 0.3) is 0 Å². The van der Waals surface area contributed by atoms with Crippen LogP contribution in [-0.2, 0) is 17.3 Å². The number of unbranched alkanes of at least 4 members (excludes halogenated alkanes) is 2. The summed E-state index contributed by atoms with van der Waals surface area (Å²) >= 11 is 2.02. The van der Waals surface area contributed by atoms with Gasteiger partial charge in [0.05, 0.1) is 0 Å². The van der Waals surface area contributed by atoms with Gasteiger partial charge >= 0.3 is 27.0 Å². The van der Waals surface area contributed by atoms with Gasteiger partial charge in [-0.1, -0.05) is 0 Å². The Morgan fingerprint density at radius 2 is 1.43 bits per heavy atom. The van der Waals surface area contributed by atoms with Gasteiger partial charge in [0.15, 0.2) is 0 Å². The van der Waals surface area contributed by atoms with Gasteiger partial charge < -0.3 is 13.8 Å². The Morgan fingerprint density at radius 3 is 1.43 bits per heavy atom. The van der Waals surface area contributed by atoms with E-state index in [-0.39, 0.29) is 0 Å². The first-order chi connectivity index (χ1) is 3.41. The second-order valence-electron chi connectivity index (χ2n) is 1.06. The molecule has 0 aromatic heterocycles. The fourth-order valence-corrected chi connectivity index (χ4v) is 0.177. The summed E-state index contributed by atoms with van der Waals surface area (Å²) in [4.78, 5) is 0. The molecule has 0 unspecified atom stereocenters. The normalized spacial score (nSPS) is 6.86. The summed E-state index contributed by atoms with van der Waals surface area (Å²) in [6, 6.07) is 0. The molecule has 2 heteroatoms. The molecule has 0 aliphatic carbocycles. The molecular weight excluding hydrogens is 198 g/mol. The van der Waals surface area contributed by atoms with E-state index >= 15 is 0 Å². The molecule has 0 nitrogen and oxygen atoms in total. The van der Waals surface area contributed by atoms with Crippen LogP contribution in [0.15, 0.2) is 0 Å². The first kappa shape index (κ1) is 10.8. The van der Waals surface area contributed by atoms with Crippen molar-refractivity contribution in [3.63, 3.8) is 0 Å². The summed E-state index contributed by atoms with van der Waals surface area (Å²) in [5.41, 5.74) is 0. The van der Waals surface area contributed by atoms with Crippen LogP contribution in [0.2, 0.25) is 0 Å². The molecule has 0 aliphatic rings. The van der Waals surface area contributed by atoms with Gasteiger partial charge in [-0.15, -0.1) is 6.42 Å². The SMILES string of the molecule is [CH2-]CCC[CH2-].[Cl][Rh+2]. The molecule has 7 heavy (non-hydrogen) atoms. The van der Waals surface area contributed by atoms with E-state index in [4.69, 9.17) is 0 Å². The van der Waals surface area contributed by atoms with Gasteiger partial charge in [0, 0.05) is 0 Å². The zero-order valence-electron chi connectivity index (χ0n) is 4.25. The summed E-state index contributed by atoms with van der Waals surface area (Å²) in [5, 5.41) is 0. The summed E-state index contributed by atoms with van der Waals surface area (Å²) < 4.78 is 0. The third-order valence-electron chi connectivity index (χ3n) is 0.500. The van der Waals surface area contributed by atoms with E-state index in [1.165, 1.54) is 6.42 Å². The van der Waals surface area contributed by atoms with Gasteiger partial charge in [0.2, 0.25) is 0 Å². The van der Waals surface area contributed by atoms with Crippen molar-refractivity contribution >= 4 is 9.69 Å². The molecule has 0 saturated carbocycles. The zero-order chi connectivity index (χ0) is 6.12. The molecule has 0 fully saturated rings. The topological polar surface area (TPSA) is 0 Å². The van der Waals surface area contributed by atoms with Crippen molar-refractivity contribution in [3.8, 4) is 0 Å². The van der Waals surface area contributed by atoms with Crippen LogP contribution in [0.3, 0.4) is 0 Å². The predicted octanol–water partition coefficient (Wildman–Crippen LogP) is 2.51. The van der Waals surface area contributed by atoms with Gasteiger partial charge in [-0.05, 0) is 0 Å². The Bertz CT molecular complexity index is 15.6. The number of hydrogen-bond donors (Lipinski definition) is 0. The second-order valence-corrected chi connectivity index (χ2v) is 1.06. The summed E-state index contributed by atoms with van der Waals surface area (Å²) in [5.74, 6) is 0. The van der Waals surface area contributed by atoms with Crippen molar-refractivity contribution in [1.29, 1.82) is 0 Å². The number of rotatable bonds is 2. The molecule has 0 radical (unpaired) electrons. The van der Waals surface area contributed by atoms with Crippen LogP contribution in [-0.4, -0.2) is 0 Å². The van der Waals surface area contributed by atoms with Crippen LogP contribution in [0.1, 0.15) is 19.3 Å². The molecule has 0 heterocycles. The van der Waals surface area contributed by atoms with Crippen LogP contribution < -0.4 is 0 Å². The minimum absolute atomic E-state index is 1.03. The molecule has 0 amide bonds. The maximum atomic E-state index is 4.53. The Morgan fingerprint density at radius 1 is 1.14 bits per heavy atom. The van der Waals surface area contributed by atoms with E-state index in [0.717, 1.165) is 12.8 Å². The van der Waals surface area contributed by atoms with E-state index in [1.807, 2.05) is 17.3 Å². The van der Waals surface area contributed by atoms with Gasteiger partial charge in [-0.2, -0.15) is 12.8 Å². The molecule has 0 atom stereocenters. The molecule has 46 valence electrons. The molecule has 0 aromatic carbocycles. The molecule has 0 N–H and O–H groups in total. The van der Waals surface area contributed by atoms with Crippen LogP contribution in [0.4, 0.5) is 0 Å². The standard InChI is InChI=1S/C5H10.ClH.Rh/c1-3-5-4-2;;/h1-5H2;1H;/q-2;;+3/p-1. The third kappa shape index (κ3) is 19.7. The van der Waals surface area contributed by atoms with Crippen molar-refractivity contribution in [1.82, 2.24) is 0 Å². The third-order valence-corrected chi connectivity index (χ3v) is 0.500. The van der Waals surface area contributed by atoms with Gasteiger partial charge in [-0.25, -0.2) is 0 Å². The fourth-order valence-electron chi connectivity index (χ4n) is 0.177. The molecule has 0 bridgehead atoms. The van der Waals surface area contributed by atoms with Crippen LogP contribution in [0.5, 0.6) is 0 Å². The minimum atomic E-state index is 1.03. The summed E-state index contributed by atoms with van der Waals surface area (Å²) in [7, 11) is 4.53.